The van der Waals surface area contributed by atoms with Gasteiger partial charge in [0.2, 0.25) is 5.91 Å². The molecule has 2 saturated carbocycles. The molecule has 4 aliphatic rings. The van der Waals surface area contributed by atoms with Crippen molar-refractivity contribution in [1.82, 2.24) is 10.4 Å². The Balaban J connectivity index is 1.16. The number of carbonyl (C=O) groups excluding carboxylic acids is 3. The highest BCUT2D eigenvalue weighted by molar-refractivity contribution is 6.11. The molecule has 2 unspecified atom stereocenters. The van der Waals surface area contributed by atoms with Crippen molar-refractivity contribution in [3.05, 3.63) is 84.2 Å². The van der Waals surface area contributed by atoms with Crippen LogP contribution in [-0.4, -0.2) is 29.4 Å². The van der Waals surface area contributed by atoms with Crippen molar-refractivity contribution >= 4 is 17.7 Å². The number of rotatable bonds is 15. The summed E-state index contributed by atoms with van der Waals surface area (Å²) in [7, 11) is 0. The molecule has 3 aliphatic carbocycles. The maximum Gasteiger partial charge on any atom is 0.277 e. The van der Waals surface area contributed by atoms with Gasteiger partial charge in [0, 0.05) is 24.3 Å². The highest BCUT2D eigenvalue weighted by Gasteiger charge is 2.51. The van der Waals surface area contributed by atoms with E-state index < -0.39 is 11.8 Å². The molecule has 0 spiro atoms. The van der Waals surface area contributed by atoms with E-state index in [1.165, 1.54) is 108 Å². The predicted octanol–water partition coefficient (Wildman–Crippen LogP) is 8.66. The Morgan fingerprint density at radius 1 is 0.773 bits per heavy atom. The molecule has 0 saturated heterocycles. The first kappa shape index (κ1) is 33.6. The SMILES string of the molecule is O=C(CCCCON1C(=O)C=CC1=O)NC1=C/C=C(CCCCCCCC23CCCCCCCC2C3)\C=C/C=C\C=C/C=C\1. The van der Waals surface area contributed by atoms with Gasteiger partial charge in [0.15, 0.2) is 0 Å². The largest absolute Gasteiger partial charge is 0.326 e. The van der Waals surface area contributed by atoms with Crippen molar-refractivity contribution in [2.24, 2.45) is 11.3 Å². The standard InChI is InChI=1S/C38H52N2O4/c41-35(23-15-18-30-44-40-36(42)26-27-37(40)43)39-34-22-14-8-2-1-5-11-19-32(24-25-34)20-12-6-3-9-16-28-38-29-17-10-4-7-13-21-33(38)31-38/h1-2,5,8,11,14,19,22,24-27,33H,3-4,6-7,9-10,12-13,15-18,20-21,23,28-31H2,(H,39,41)/b2-1?,5-1-,8-2-,11-5?,14-8?,19-11-,22-14-,25-24?,32-19?,32-24+,34-22?,34-25+. The molecule has 0 aromatic rings. The van der Waals surface area contributed by atoms with Crippen LogP contribution in [0.4, 0.5) is 0 Å². The number of allylic oxidation sites excluding steroid dienone is 11. The van der Waals surface area contributed by atoms with Gasteiger partial charge in [-0.25, -0.2) is 0 Å². The molecule has 4 rings (SSSR count). The summed E-state index contributed by atoms with van der Waals surface area (Å²) in [4.78, 5) is 41.0. The summed E-state index contributed by atoms with van der Waals surface area (Å²) in [6.45, 7) is 0.201. The van der Waals surface area contributed by atoms with Crippen molar-refractivity contribution < 1.29 is 19.2 Å². The number of carbonyl (C=O) groups is 3. The van der Waals surface area contributed by atoms with Crippen LogP contribution >= 0.6 is 0 Å². The maximum absolute atomic E-state index is 12.6. The molecule has 6 nitrogen and oxygen atoms in total. The Bertz CT molecular complexity index is 1170. The zero-order valence-electron chi connectivity index (χ0n) is 26.5. The first-order valence-electron chi connectivity index (χ1n) is 17.1. The van der Waals surface area contributed by atoms with E-state index in [9.17, 15) is 14.4 Å². The quantitative estimate of drug-likeness (QED) is 0.151. The van der Waals surface area contributed by atoms with Crippen LogP contribution in [0, 0.1) is 11.3 Å². The summed E-state index contributed by atoms with van der Waals surface area (Å²) >= 11 is 0. The fraction of sp³-hybridized carbons (Fsp3) is 0.553. The van der Waals surface area contributed by atoms with E-state index in [0.717, 1.165) is 28.5 Å². The van der Waals surface area contributed by atoms with Gasteiger partial charge in [0.1, 0.15) is 0 Å². The van der Waals surface area contributed by atoms with Gasteiger partial charge in [-0.1, -0.05) is 106 Å². The maximum atomic E-state index is 12.6. The number of nitrogens with zero attached hydrogens (tertiary/aromatic N) is 1. The van der Waals surface area contributed by atoms with Crippen molar-refractivity contribution in [1.29, 1.82) is 0 Å². The third-order valence-corrected chi connectivity index (χ3v) is 9.42. The molecule has 238 valence electrons. The topological polar surface area (TPSA) is 75.7 Å². The molecular formula is C38H52N2O4. The predicted molar refractivity (Wildman–Crippen MR) is 177 cm³/mol. The second-order valence-corrected chi connectivity index (χ2v) is 12.8. The van der Waals surface area contributed by atoms with Gasteiger partial charge in [-0.15, -0.1) is 5.06 Å². The third-order valence-electron chi connectivity index (χ3n) is 9.42. The van der Waals surface area contributed by atoms with Crippen LogP contribution in [0.2, 0.25) is 0 Å². The molecule has 0 aromatic heterocycles. The van der Waals surface area contributed by atoms with Crippen molar-refractivity contribution in [2.45, 2.75) is 116 Å². The smallest absolute Gasteiger partial charge is 0.277 e. The van der Waals surface area contributed by atoms with E-state index in [-0.39, 0.29) is 12.5 Å². The lowest BCUT2D eigenvalue weighted by Gasteiger charge is -2.16. The minimum atomic E-state index is -0.470. The van der Waals surface area contributed by atoms with Crippen molar-refractivity contribution in [2.75, 3.05) is 6.61 Å². The summed E-state index contributed by atoms with van der Waals surface area (Å²) in [6, 6.07) is 0. The lowest BCUT2D eigenvalue weighted by molar-refractivity contribution is -0.185. The lowest BCUT2D eigenvalue weighted by Crippen LogP contribution is -2.30. The second-order valence-electron chi connectivity index (χ2n) is 12.8. The second kappa shape index (κ2) is 18.5. The van der Waals surface area contributed by atoms with Gasteiger partial charge >= 0.3 is 0 Å². The lowest BCUT2D eigenvalue weighted by atomic mass is 9.89. The third kappa shape index (κ3) is 11.7. The molecule has 0 radical (unpaired) electrons. The molecule has 44 heavy (non-hydrogen) atoms. The molecule has 0 bridgehead atoms. The summed E-state index contributed by atoms with van der Waals surface area (Å²) in [5.41, 5.74) is 2.73. The number of hydroxylamine groups is 2. The Hall–Kier alpha value is -3.25. The van der Waals surface area contributed by atoms with Crippen LogP contribution in [0.3, 0.4) is 0 Å². The Kier molecular flexibility index (Phi) is 14.2. The van der Waals surface area contributed by atoms with Gasteiger partial charge in [-0.3, -0.25) is 19.2 Å². The normalized spacial score (nSPS) is 28.9. The number of hydrogen-bond acceptors (Lipinski definition) is 4. The van der Waals surface area contributed by atoms with Gasteiger partial charge in [-0.05, 0) is 80.4 Å². The molecule has 1 heterocycles. The van der Waals surface area contributed by atoms with E-state index in [4.69, 9.17) is 4.84 Å². The average Bonchev–Trinajstić information content (AvgIpc) is 3.57. The van der Waals surface area contributed by atoms with E-state index in [1.54, 1.807) is 0 Å². The molecule has 6 heteroatoms. The van der Waals surface area contributed by atoms with Crippen LogP contribution in [0.25, 0.3) is 0 Å². The number of hydrogen-bond donors (Lipinski definition) is 1. The number of amides is 3. The summed E-state index contributed by atoms with van der Waals surface area (Å²) in [5.74, 6) is 0.0233. The highest BCUT2D eigenvalue weighted by atomic mass is 16.7. The molecule has 2 fully saturated rings. The average molecular weight is 601 g/mol. The molecular weight excluding hydrogens is 548 g/mol. The summed E-state index contributed by atoms with van der Waals surface area (Å²) in [5, 5.41) is 3.77. The van der Waals surface area contributed by atoms with Gasteiger partial charge in [0.05, 0.1) is 6.61 Å². The van der Waals surface area contributed by atoms with Crippen molar-refractivity contribution in [3.63, 3.8) is 0 Å². The molecule has 1 aliphatic heterocycles. The van der Waals surface area contributed by atoms with Gasteiger partial charge in [-0.2, -0.15) is 0 Å². The molecule has 3 amide bonds. The highest BCUT2D eigenvalue weighted by Crippen LogP contribution is 2.62. The zero-order chi connectivity index (χ0) is 30.9. The minimum absolute atomic E-state index is 0.0793. The van der Waals surface area contributed by atoms with Gasteiger partial charge < -0.3 is 5.32 Å². The molecule has 1 N–H and O–H groups in total. The molecule has 0 aromatic carbocycles. The van der Waals surface area contributed by atoms with Crippen LogP contribution in [-0.2, 0) is 19.2 Å². The summed E-state index contributed by atoms with van der Waals surface area (Å²) in [6.07, 6.45) is 44.7. The van der Waals surface area contributed by atoms with E-state index in [2.05, 4.69) is 23.5 Å². The zero-order valence-corrected chi connectivity index (χ0v) is 26.5. The van der Waals surface area contributed by atoms with Crippen LogP contribution in [0.5, 0.6) is 0 Å². The molecule has 2 atom stereocenters. The summed E-state index contributed by atoms with van der Waals surface area (Å²) < 4.78 is 0. The number of nitrogens with one attached hydrogen (secondary N) is 1. The monoisotopic (exact) mass is 600 g/mol. The fourth-order valence-corrected chi connectivity index (χ4v) is 6.75. The van der Waals surface area contributed by atoms with Gasteiger partial charge in [0.25, 0.3) is 11.8 Å². The Morgan fingerprint density at radius 3 is 2.32 bits per heavy atom. The van der Waals surface area contributed by atoms with Crippen LogP contribution < -0.4 is 5.32 Å². The minimum Gasteiger partial charge on any atom is -0.326 e. The number of fused-ring (bicyclic) bond motifs is 1. The first-order chi connectivity index (χ1) is 21.6. The van der Waals surface area contributed by atoms with Crippen molar-refractivity contribution in [3.8, 4) is 0 Å². The number of unbranched alkanes of at least 4 members (excludes halogenated alkanes) is 5. The Morgan fingerprint density at radius 2 is 1.48 bits per heavy atom. The Labute approximate surface area is 264 Å². The van der Waals surface area contributed by atoms with E-state index in [1.807, 2.05) is 42.5 Å². The van der Waals surface area contributed by atoms with E-state index in [0.29, 0.717) is 19.3 Å². The number of imide groups is 1. The fourth-order valence-electron chi connectivity index (χ4n) is 6.75. The first-order valence-corrected chi connectivity index (χ1v) is 17.1. The van der Waals surface area contributed by atoms with Crippen LogP contribution in [0.15, 0.2) is 84.2 Å². The van der Waals surface area contributed by atoms with Crippen LogP contribution in [0.1, 0.15) is 116 Å². The van der Waals surface area contributed by atoms with E-state index >= 15 is 0 Å².